The van der Waals surface area contributed by atoms with E-state index in [1.165, 1.54) is 12.1 Å². The van der Waals surface area contributed by atoms with Crippen molar-refractivity contribution >= 4 is 22.7 Å². The van der Waals surface area contributed by atoms with Crippen LogP contribution in [-0.2, 0) is 16.1 Å². The van der Waals surface area contributed by atoms with Gasteiger partial charge >= 0.3 is 0 Å². The van der Waals surface area contributed by atoms with Gasteiger partial charge in [0.1, 0.15) is 5.82 Å². The van der Waals surface area contributed by atoms with Crippen molar-refractivity contribution in [1.82, 2.24) is 14.8 Å². The molecule has 2 aromatic rings. The van der Waals surface area contributed by atoms with Gasteiger partial charge in [0.05, 0.1) is 12.5 Å². The van der Waals surface area contributed by atoms with Crippen LogP contribution in [0.3, 0.4) is 0 Å². The third-order valence-corrected chi connectivity index (χ3v) is 5.20. The highest BCUT2D eigenvalue weighted by Gasteiger charge is 2.39. The number of carbonyl (C=O) groups excluding carboxylic acids is 2. The molecule has 0 radical (unpaired) electrons. The van der Waals surface area contributed by atoms with Crippen LogP contribution >= 0.6 is 0 Å². The molecule has 25 heavy (non-hydrogen) atoms. The fourth-order valence-corrected chi connectivity index (χ4v) is 3.71. The maximum absolute atomic E-state index is 13.3. The zero-order valence-electron chi connectivity index (χ0n) is 14.3. The molecule has 0 bridgehead atoms. The van der Waals surface area contributed by atoms with Crippen LogP contribution in [0.5, 0.6) is 0 Å². The normalized spacial score (nSPS) is 21.0. The first-order chi connectivity index (χ1) is 12.0. The van der Waals surface area contributed by atoms with Crippen LogP contribution in [0.2, 0.25) is 0 Å². The lowest BCUT2D eigenvalue weighted by atomic mass is 9.96. The lowest BCUT2D eigenvalue weighted by Gasteiger charge is -2.34. The van der Waals surface area contributed by atoms with Crippen LogP contribution in [0.15, 0.2) is 24.3 Å². The van der Waals surface area contributed by atoms with E-state index in [9.17, 15) is 14.0 Å². The Hall–Kier alpha value is -2.37. The van der Waals surface area contributed by atoms with Crippen molar-refractivity contribution in [3.05, 3.63) is 35.8 Å². The molecule has 1 aliphatic carbocycles. The summed E-state index contributed by atoms with van der Waals surface area (Å²) in [5.41, 5.74) is 1.74. The summed E-state index contributed by atoms with van der Waals surface area (Å²) in [6, 6.07) is 6.84. The molecule has 1 saturated carbocycles. The van der Waals surface area contributed by atoms with Gasteiger partial charge in [0.25, 0.3) is 0 Å². The van der Waals surface area contributed by atoms with Crippen molar-refractivity contribution < 1.29 is 14.0 Å². The summed E-state index contributed by atoms with van der Waals surface area (Å²) in [5, 5.41) is 0.805. The number of likely N-dealkylation sites (tertiary alicyclic amines) is 1. The van der Waals surface area contributed by atoms with Gasteiger partial charge in [-0.15, -0.1) is 0 Å². The Kier molecular flexibility index (Phi) is 3.98. The highest BCUT2D eigenvalue weighted by molar-refractivity contribution is 5.84. The van der Waals surface area contributed by atoms with E-state index in [0.29, 0.717) is 32.0 Å². The average Bonchev–Trinajstić information content (AvgIpc) is 3.35. The molecule has 2 aliphatic rings. The Labute approximate surface area is 145 Å². The number of rotatable bonds is 4. The second kappa shape index (κ2) is 6.17. The van der Waals surface area contributed by atoms with Crippen LogP contribution in [-0.4, -0.2) is 46.2 Å². The summed E-state index contributed by atoms with van der Waals surface area (Å²) in [5.74, 6) is -0.130. The lowest BCUT2D eigenvalue weighted by molar-refractivity contribution is -0.143. The molecule has 1 N–H and O–H groups in total. The Balaban J connectivity index is 1.43. The van der Waals surface area contributed by atoms with Gasteiger partial charge in [0.15, 0.2) is 0 Å². The SMILES string of the molecule is CN(Cc1cc2cc(F)ccc2[nH]1)C(=O)C1CCC(=O)N(C2CC2)C1. The first-order valence-corrected chi connectivity index (χ1v) is 8.83. The molecule has 0 spiro atoms. The highest BCUT2D eigenvalue weighted by atomic mass is 19.1. The molecule has 1 aliphatic heterocycles. The van der Waals surface area contributed by atoms with Gasteiger partial charge in [0, 0.05) is 42.7 Å². The van der Waals surface area contributed by atoms with Crippen molar-refractivity contribution in [1.29, 1.82) is 0 Å². The number of piperidine rings is 1. The number of aromatic amines is 1. The van der Waals surface area contributed by atoms with Crippen LogP contribution in [0.1, 0.15) is 31.4 Å². The standard InChI is InChI=1S/C19H22FN3O2/c1-22(11-15-9-13-8-14(20)3-6-17(13)21-15)19(25)12-2-7-18(24)23(10-12)16-4-5-16/h3,6,8-9,12,16,21H,2,4-5,7,10-11H2,1H3. The number of H-pyrrole nitrogens is 1. The number of halogens is 1. The van der Waals surface area contributed by atoms with Gasteiger partial charge in [-0.1, -0.05) is 0 Å². The van der Waals surface area contributed by atoms with E-state index >= 15 is 0 Å². The van der Waals surface area contributed by atoms with E-state index in [0.717, 1.165) is 29.4 Å². The first-order valence-electron chi connectivity index (χ1n) is 8.83. The second-order valence-electron chi connectivity index (χ2n) is 7.23. The molecule has 6 heteroatoms. The minimum Gasteiger partial charge on any atom is -0.357 e. The minimum atomic E-state index is -0.269. The Morgan fingerprint density at radius 2 is 2.12 bits per heavy atom. The number of amides is 2. The molecule has 1 saturated heterocycles. The molecule has 2 amide bonds. The molecule has 132 valence electrons. The monoisotopic (exact) mass is 343 g/mol. The number of fused-ring (bicyclic) bond motifs is 1. The number of aromatic nitrogens is 1. The smallest absolute Gasteiger partial charge is 0.227 e. The summed E-state index contributed by atoms with van der Waals surface area (Å²) in [7, 11) is 1.78. The third kappa shape index (κ3) is 3.25. The van der Waals surface area contributed by atoms with Crippen LogP contribution < -0.4 is 0 Å². The summed E-state index contributed by atoms with van der Waals surface area (Å²) in [6.45, 7) is 0.994. The zero-order valence-corrected chi connectivity index (χ0v) is 14.3. The topological polar surface area (TPSA) is 56.4 Å². The quantitative estimate of drug-likeness (QED) is 0.928. The molecular weight excluding hydrogens is 321 g/mol. The molecule has 5 nitrogen and oxygen atoms in total. The minimum absolute atomic E-state index is 0.0722. The predicted octanol–water partition coefficient (Wildman–Crippen LogP) is 2.67. The van der Waals surface area contributed by atoms with Gasteiger partial charge in [-0.25, -0.2) is 4.39 Å². The molecule has 4 rings (SSSR count). The lowest BCUT2D eigenvalue weighted by Crippen LogP contribution is -2.46. The van der Waals surface area contributed by atoms with E-state index < -0.39 is 0 Å². The Bertz CT molecular complexity index is 827. The molecule has 2 heterocycles. The third-order valence-electron chi connectivity index (χ3n) is 5.20. The molecule has 1 aromatic heterocycles. The predicted molar refractivity (Wildman–Crippen MR) is 92.2 cm³/mol. The maximum atomic E-state index is 13.3. The van der Waals surface area contributed by atoms with Gasteiger partial charge in [0.2, 0.25) is 11.8 Å². The maximum Gasteiger partial charge on any atom is 0.227 e. The van der Waals surface area contributed by atoms with Gasteiger partial charge < -0.3 is 14.8 Å². The number of nitrogens with one attached hydrogen (secondary N) is 1. The molecule has 1 unspecified atom stereocenters. The molecule has 1 aromatic carbocycles. The summed E-state index contributed by atoms with van der Waals surface area (Å²) >= 11 is 0. The molecular formula is C19H22FN3O2. The fraction of sp³-hybridized carbons (Fsp3) is 0.474. The van der Waals surface area contributed by atoms with E-state index in [2.05, 4.69) is 4.98 Å². The van der Waals surface area contributed by atoms with E-state index in [1.807, 2.05) is 11.0 Å². The van der Waals surface area contributed by atoms with Crippen molar-refractivity contribution in [2.24, 2.45) is 5.92 Å². The van der Waals surface area contributed by atoms with Crippen LogP contribution in [0.4, 0.5) is 4.39 Å². The van der Waals surface area contributed by atoms with Gasteiger partial charge in [-0.2, -0.15) is 0 Å². The van der Waals surface area contributed by atoms with E-state index in [1.54, 1.807) is 18.0 Å². The van der Waals surface area contributed by atoms with Crippen LogP contribution in [0.25, 0.3) is 10.9 Å². The molecule has 1 atom stereocenters. The number of nitrogens with zero attached hydrogens (tertiary/aromatic N) is 2. The summed E-state index contributed by atoms with van der Waals surface area (Å²) < 4.78 is 13.3. The van der Waals surface area contributed by atoms with Crippen molar-refractivity contribution in [3.8, 4) is 0 Å². The Morgan fingerprint density at radius 1 is 1.32 bits per heavy atom. The number of benzene rings is 1. The number of carbonyl (C=O) groups is 2. The van der Waals surface area contributed by atoms with E-state index in [4.69, 9.17) is 0 Å². The number of hydrogen-bond acceptors (Lipinski definition) is 2. The van der Waals surface area contributed by atoms with E-state index in [-0.39, 0.29) is 23.5 Å². The van der Waals surface area contributed by atoms with Crippen molar-refractivity contribution in [2.45, 2.75) is 38.3 Å². The zero-order chi connectivity index (χ0) is 17.6. The first kappa shape index (κ1) is 16.1. The summed E-state index contributed by atoms with van der Waals surface area (Å²) in [4.78, 5) is 31.6. The van der Waals surface area contributed by atoms with Crippen LogP contribution in [0, 0.1) is 11.7 Å². The highest BCUT2D eigenvalue weighted by Crippen LogP contribution is 2.32. The van der Waals surface area contributed by atoms with Crippen molar-refractivity contribution in [3.63, 3.8) is 0 Å². The van der Waals surface area contributed by atoms with Gasteiger partial charge in [-0.05, 0) is 43.5 Å². The second-order valence-corrected chi connectivity index (χ2v) is 7.23. The number of hydrogen-bond donors (Lipinski definition) is 1. The summed E-state index contributed by atoms with van der Waals surface area (Å²) in [6.07, 6.45) is 3.22. The van der Waals surface area contributed by atoms with Gasteiger partial charge in [-0.3, -0.25) is 9.59 Å². The Morgan fingerprint density at radius 3 is 2.88 bits per heavy atom. The molecule has 2 fully saturated rings. The largest absolute Gasteiger partial charge is 0.357 e. The fourth-order valence-electron chi connectivity index (χ4n) is 3.71. The average molecular weight is 343 g/mol. The van der Waals surface area contributed by atoms with Crippen molar-refractivity contribution in [2.75, 3.05) is 13.6 Å².